The van der Waals surface area contributed by atoms with Crippen molar-refractivity contribution in [3.63, 3.8) is 0 Å². The Balaban J connectivity index is 1.44. The molecule has 1 fully saturated rings. The largest absolute Gasteiger partial charge is 0.459 e. The summed E-state index contributed by atoms with van der Waals surface area (Å²) in [6.07, 6.45) is 3.34. The van der Waals surface area contributed by atoms with Crippen LogP contribution in [0.1, 0.15) is 31.4 Å². The van der Waals surface area contributed by atoms with Crippen molar-refractivity contribution in [2.75, 3.05) is 19.6 Å². The van der Waals surface area contributed by atoms with Crippen LogP contribution in [0.4, 0.5) is 0 Å². The SMILES string of the molecule is NC(=O)CC[C@@H]1CCCN(CC(=O)NCc2ccc(-c3ccc(Cl)cc3)o2)C1. The number of nitrogens with two attached hydrogens (primary N) is 1. The minimum Gasteiger partial charge on any atom is -0.459 e. The van der Waals surface area contributed by atoms with Crippen LogP contribution in [-0.2, 0) is 16.1 Å². The van der Waals surface area contributed by atoms with Crippen LogP contribution in [0.25, 0.3) is 11.3 Å². The molecule has 0 spiro atoms. The number of rotatable bonds is 8. The Labute approximate surface area is 170 Å². The highest BCUT2D eigenvalue weighted by atomic mass is 35.5. The lowest BCUT2D eigenvalue weighted by Crippen LogP contribution is -2.42. The van der Waals surface area contributed by atoms with Gasteiger partial charge in [0.2, 0.25) is 11.8 Å². The Morgan fingerprint density at radius 1 is 1.21 bits per heavy atom. The van der Waals surface area contributed by atoms with E-state index in [1.165, 1.54) is 0 Å². The average molecular weight is 404 g/mol. The fourth-order valence-electron chi connectivity index (χ4n) is 3.56. The molecule has 3 rings (SSSR count). The highest BCUT2D eigenvalue weighted by molar-refractivity contribution is 6.30. The van der Waals surface area contributed by atoms with E-state index < -0.39 is 0 Å². The van der Waals surface area contributed by atoms with Crippen LogP contribution in [0.15, 0.2) is 40.8 Å². The van der Waals surface area contributed by atoms with Crippen molar-refractivity contribution in [2.45, 2.75) is 32.2 Å². The van der Waals surface area contributed by atoms with Gasteiger partial charge < -0.3 is 15.5 Å². The van der Waals surface area contributed by atoms with Crippen LogP contribution >= 0.6 is 11.6 Å². The van der Waals surface area contributed by atoms with Gasteiger partial charge in [0.1, 0.15) is 11.5 Å². The Morgan fingerprint density at radius 3 is 2.75 bits per heavy atom. The fraction of sp³-hybridized carbons (Fsp3) is 0.429. The molecule has 0 unspecified atom stereocenters. The number of hydrogen-bond acceptors (Lipinski definition) is 4. The minimum absolute atomic E-state index is 0.0278. The van der Waals surface area contributed by atoms with Crippen LogP contribution < -0.4 is 11.1 Å². The van der Waals surface area contributed by atoms with Gasteiger partial charge in [-0.25, -0.2) is 0 Å². The first kappa shape index (κ1) is 20.4. The minimum atomic E-state index is -0.258. The first-order valence-corrected chi connectivity index (χ1v) is 9.99. The van der Waals surface area contributed by atoms with Gasteiger partial charge in [-0.3, -0.25) is 14.5 Å². The molecular formula is C21H26ClN3O3. The summed E-state index contributed by atoms with van der Waals surface area (Å²) in [7, 11) is 0. The number of piperidine rings is 1. The summed E-state index contributed by atoms with van der Waals surface area (Å²) >= 11 is 5.91. The number of benzene rings is 1. The maximum Gasteiger partial charge on any atom is 0.234 e. The van der Waals surface area contributed by atoms with Gasteiger partial charge in [-0.15, -0.1) is 0 Å². The van der Waals surface area contributed by atoms with E-state index in [0.29, 0.717) is 36.2 Å². The lowest BCUT2D eigenvalue weighted by Gasteiger charge is -2.32. The van der Waals surface area contributed by atoms with E-state index in [9.17, 15) is 9.59 Å². The summed E-state index contributed by atoms with van der Waals surface area (Å²) in [5, 5.41) is 3.59. The summed E-state index contributed by atoms with van der Waals surface area (Å²) in [6, 6.07) is 11.2. The first-order chi connectivity index (χ1) is 13.5. The third-order valence-corrected chi connectivity index (χ3v) is 5.27. The van der Waals surface area contributed by atoms with Gasteiger partial charge in [0.15, 0.2) is 0 Å². The number of nitrogens with zero attached hydrogens (tertiary/aromatic N) is 1. The lowest BCUT2D eigenvalue weighted by atomic mass is 9.93. The van der Waals surface area contributed by atoms with Gasteiger partial charge in [-0.2, -0.15) is 0 Å². The van der Waals surface area contributed by atoms with Gasteiger partial charge >= 0.3 is 0 Å². The highest BCUT2D eigenvalue weighted by Gasteiger charge is 2.22. The normalized spacial score (nSPS) is 17.4. The van der Waals surface area contributed by atoms with Gasteiger partial charge in [0.05, 0.1) is 13.1 Å². The van der Waals surface area contributed by atoms with Crippen LogP contribution in [0.3, 0.4) is 0 Å². The fourth-order valence-corrected chi connectivity index (χ4v) is 3.69. The third-order valence-electron chi connectivity index (χ3n) is 5.02. The zero-order valence-electron chi connectivity index (χ0n) is 15.8. The smallest absolute Gasteiger partial charge is 0.234 e. The van der Waals surface area contributed by atoms with Crippen molar-refractivity contribution in [3.05, 3.63) is 47.2 Å². The Bertz CT molecular complexity index is 803. The number of carbonyl (C=O) groups is 2. The molecule has 7 heteroatoms. The van der Waals surface area contributed by atoms with E-state index in [2.05, 4.69) is 10.2 Å². The van der Waals surface area contributed by atoms with Crippen molar-refractivity contribution in [2.24, 2.45) is 11.7 Å². The van der Waals surface area contributed by atoms with E-state index >= 15 is 0 Å². The van der Waals surface area contributed by atoms with E-state index in [1.807, 2.05) is 36.4 Å². The predicted octanol–water partition coefficient (Wildman–Crippen LogP) is 3.19. The molecule has 2 amide bonds. The Kier molecular flexibility index (Phi) is 7.12. The molecule has 6 nitrogen and oxygen atoms in total. The number of halogens is 1. The van der Waals surface area contributed by atoms with Crippen molar-refractivity contribution < 1.29 is 14.0 Å². The van der Waals surface area contributed by atoms with Crippen LogP contribution in [0, 0.1) is 5.92 Å². The zero-order chi connectivity index (χ0) is 19.9. The van der Waals surface area contributed by atoms with Crippen LogP contribution in [0.5, 0.6) is 0 Å². The standard InChI is InChI=1S/C21H26ClN3O3/c22-17-6-4-16(5-7-17)19-9-8-18(28-19)12-24-21(27)14-25-11-1-2-15(13-25)3-10-20(23)26/h4-9,15H,1-3,10-14H2,(H2,23,26)(H,24,27)/t15-/m0/s1. The molecule has 0 radical (unpaired) electrons. The number of hydrogen-bond donors (Lipinski definition) is 2. The number of nitrogens with one attached hydrogen (secondary N) is 1. The molecule has 28 heavy (non-hydrogen) atoms. The van der Waals surface area contributed by atoms with E-state index in [0.717, 1.165) is 43.7 Å². The van der Waals surface area contributed by atoms with Crippen molar-refractivity contribution in [1.29, 1.82) is 0 Å². The maximum absolute atomic E-state index is 12.3. The van der Waals surface area contributed by atoms with E-state index in [1.54, 1.807) is 0 Å². The molecular weight excluding hydrogens is 378 g/mol. The summed E-state index contributed by atoms with van der Waals surface area (Å²) in [6.45, 7) is 2.45. The van der Waals surface area contributed by atoms with Crippen LogP contribution in [-0.4, -0.2) is 36.3 Å². The quantitative estimate of drug-likeness (QED) is 0.708. The second kappa shape index (κ2) is 9.75. The molecule has 3 N–H and O–H groups in total. The second-order valence-corrected chi connectivity index (χ2v) is 7.73. The number of primary amides is 1. The molecule has 0 aliphatic carbocycles. The number of amides is 2. The molecule has 1 aromatic carbocycles. The highest BCUT2D eigenvalue weighted by Crippen LogP contribution is 2.24. The van der Waals surface area contributed by atoms with Gasteiger partial charge in [-0.1, -0.05) is 11.6 Å². The molecule has 1 atom stereocenters. The summed E-state index contributed by atoms with van der Waals surface area (Å²) in [4.78, 5) is 25.4. The molecule has 1 aromatic heterocycles. The Hall–Kier alpha value is -2.31. The first-order valence-electron chi connectivity index (χ1n) is 9.61. The molecule has 1 aliphatic heterocycles. The Morgan fingerprint density at radius 2 is 2.00 bits per heavy atom. The summed E-state index contributed by atoms with van der Waals surface area (Å²) in [5.74, 6) is 1.60. The zero-order valence-corrected chi connectivity index (χ0v) is 16.6. The molecule has 2 aromatic rings. The number of likely N-dealkylation sites (tertiary alicyclic amines) is 1. The summed E-state index contributed by atoms with van der Waals surface area (Å²) < 4.78 is 5.81. The average Bonchev–Trinajstić information content (AvgIpc) is 3.15. The molecule has 2 heterocycles. The van der Waals surface area contributed by atoms with E-state index in [-0.39, 0.29) is 11.8 Å². The molecule has 1 aliphatic rings. The van der Waals surface area contributed by atoms with Crippen molar-refractivity contribution in [3.8, 4) is 11.3 Å². The van der Waals surface area contributed by atoms with Crippen molar-refractivity contribution >= 4 is 23.4 Å². The van der Waals surface area contributed by atoms with Gasteiger partial charge in [0, 0.05) is 23.6 Å². The topological polar surface area (TPSA) is 88.6 Å². The van der Waals surface area contributed by atoms with Crippen LogP contribution in [0.2, 0.25) is 5.02 Å². The molecule has 0 saturated carbocycles. The summed E-state index contributed by atoms with van der Waals surface area (Å²) in [5.41, 5.74) is 6.18. The van der Waals surface area contributed by atoms with E-state index in [4.69, 9.17) is 21.8 Å². The third kappa shape index (κ3) is 6.11. The van der Waals surface area contributed by atoms with Gasteiger partial charge in [0.25, 0.3) is 0 Å². The monoisotopic (exact) mass is 403 g/mol. The number of carbonyl (C=O) groups excluding carboxylic acids is 2. The van der Waals surface area contributed by atoms with Gasteiger partial charge in [-0.05, 0) is 68.1 Å². The molecule has 0 bridgehead atoms. The van der Waals surface area contributed by atoms with Crippen molar-refractivity contribution in [1.82, 2.24) is 10.2 Å². The second-order valence-electron chi connectivity index (χ2n) is 7.30. The predicted molar refractivity (Wildman–Crippen MR) is 109 cm³/mol. The molecule has 1 saturated heterocycles. The lowest BCUT2D eigenvalue weighted by molar-refractivity contribution is -0.123. The number of furan rings is 1. The maximum atomic E-state index is 12.3. The molecule has 150 valence electrons.